The fourth-order valence-electron chi connectivity index (χ4n) is 1.74. The Morgan fingerprint density at radius 3 is 2.13 bits per heavy atom. The van der Waals surface area contributed by atoms with Crippen LogP contribution in [0.25, 0.3) is 0 Å². The molecule has 0 saturated heterocycles. The Morgan fingerprint density at radius 2 is 1.70 bits per heavy atom. The maximum absolute atomic E-state index is 12.3. The highest BCUT2D eigenvalue weighted by atomic mass is 19.4. The first-order chi connectivity index (χ1) is 10.4. The van der Waals surface area contributed by atoms with Gasteiger partial charge in [0.25, 0.3) is 0 Å². The zero-order chi connectivity index (χ0) is 18.3. The second-order valence-electron chi connectivity index (χ2n) is 6.06. The van der Waals surface area contributed by atoms with Crippen molar-refractivity contribution < 1.29 is 32.2 Å². The molecule has 0 aromatic rings. The van der Waals surface area contributed by atoms with E-state index in [2.05, 4.69) is 4.74 Å². The van der Waals surface area contributed by atoms with Gasteiger partial charge in [-0.3, -0.25) is 9.59 Å². The van der Waals surface area contributed by atoms with E-state index in [4.69, 9.17) is 4.74 Å². The van der Waals surface area contributed by atoms with Gasteiger partial charge in [-0.2, -0.15) is 13.2 Å². The maximum atomic E-state index is 12.3. The molecule has 23 heavy (non-hydrogen) atoms. The van der Waals surface area contributed by atoms with Crippen molar-refractivity contribution in [3.05, 3.63) is 0 Å². The molecule has 0 amide bonds. The van der Waals surface area contributed by atoms with Crippen molar-refractivity contribution in [2.75, 3.05) is 0 Å². The second-order valence-corrected chi connectivity index (χ2v) is 6.06. The minimum Gasteiger partial charge on any atom is -0.459 e. The summed E-state index contributed by atoms with van der Waals surface area (Å²) in [4.78, 5) is 23.3. The van der Waals surface area contributed by atoms with Gasteiger partial charge in [0.1, 0.15) is 5.60 Å². The number of carbonyl (C=O) groups excluding carboxylic acids is 2. The van der Waals surface area contributed by atoms with Crippen LogP contribution in [-0.2, 0) is 19.1 Å². The number of ether oxygens (including phenoxy) is 2. The van der Waals surface area contributed by atoms with Gasteiger partial charge in [-0.05, 0) is 39.5 Å². The second kappa shape index (κ2) is 9.13. The Labute approximate surface area is 135 Å². The van der Waals surface area contributed by atoms with E-state index < -0.39 is 23.9 Å². The summed E-state index contributed by atoms with van der Waals surface area (Å²) in [5.41, 5.74) is -0.726. The summed E-state index contributed by atoms with van der Waals surface area (Å²) in [6.07, 6.45) is -4.90. The summed E-state index contributed by atoms with van der Waals surface area (Å²) in [6.45, 7) is 8.06. The number of halogens is 3. The normalized spacial score (nSPS) is 17.0. The maximum Gasteiger partial charge on any atom is 0.425 e. The van der Waals surface area contributed by atoms with Crippen molar-refractivity contribution in [2.24, 2.45) is 5.92 Å². The van der Waals surface area contributed by atoms with Crippen LogP contribution in [0.1, 0.15) is 66.7 Å². The third-order valence-electron chi connectivity index (χ3n) is 3.97. The SMILES string of the molecule is CCC(C)C(=O)OC(C)(CC)CCCC(=O)OC(C)C(F)(F)F. The predicted octanol–water partition coefficient (Wildman–Crippen LogP) is 4.41. The standard InChI is InChI=1S/C16H27F3O4/c1-6-11(3)14(21)23-15(5,7-2)10-8-9-13(20)22-12(4)16(17,18)19/h11-12H,6-10H2,1-5H3. The number of rotatable bonds is 9. The lowest BCUT2D eigenvalue weighted by molar-refractivity contribution is -0.216. The molecule has 0 N–H and O–H groups in total. The molecule has 3 unspecified atom stereocenters. The first-order valence-electron chi connectivity index (χ1n) is 7.94. The van der Waals surface area contributed by atoms with Crippen LogP contribution in [-0.4, -0.2) is 29.8 Å². The van der Waals surface area contributed by atoms with Crippen LogP contribution >= 0.6 is 0 Å². The molecule has 0 aliphatic carbocycles. The first-order valence-corrected chi connectivity index (χ1v) is 7.94. The van der Waals surface area contributed by atoms with E-state index in [1.807, 2.05) is 13.8 Å². The van der Waals surface area contributed by atoms with E-state index in [9.17, 15) is 22.8 Å². The monoisotopic (exact) mass is 340 g/mol. The fourth-order valence-corrected chi connectivity index (χ4v) is 1.74. The third-order valence-corrected chi connectivity index (χ3v) is 3.97. The van der Waals surface area contributed by atoms with Gasteiger partial charge in [0.2, 0.25) is 0 Å². The largest absolute Gasteiger partial charge is 0.459 e. The molecule has 0 aliphatic rings. The average molecular weight is 340 g/mol. The summed E-state index contributed by atoms with van der Waals surface area (Å²) in [5.74, 6) is -1.41. The van der Waals surface area contributed by atoms with Crippen LogP contribution < -0.4 is 0 Å². The van der Waals surface area contributed by atoms with E-state index in [1.54, 1.807) is 13.8 Å². The topological polar surface area (TPSA) is 52.6 Å². The lowest BCUT2D eigenvalue weighted by Gasteiger charge is -2.29. The van der Waals surface area contributed by atoms with Crippen molar-refractivity contribution in [1.82, 2.24) is 0 Å². The molecule has 7 heteroatoms. The predicted molar refractivity (Wildman–Crippen MR) is 79.7 cm³/mol. The molecular weight excluding hydrogens is 313 g/mol. The Morgan fingerprint density at radius 1 is 1.13 bits per heavy atom. The smallest absolute Gasteiger partial charge is 0.425 e. The highest BCUT2D eigenvalue weighted by Crippen LogP contribution is 2.26. The van der Waals surface area contributed by atoms with Gasteiger partial charge in [0.15, 0.2) is 6.10 Å². The van der Waals surface area contributed by atoms with Gasteiger partial charge in [-0.1, -0.05) is 20.8 Å². The summed E-state index contributed by atoms with van der Waals surface area (Å²) in [7, 11) is 0. The molecule has 0 fully saturated rings. The van der Waals surface area contributed by atoms with E-state index in [-0.39, 0.29) is 18.3 Å². The number of esters is 2. The molecule has 0 bridgehead atoms. The van der Waals surface area contributed by atoms with Crippen molar-refractivity contribution in [2.45, 2.75) is 84.6 Å². The quantitative estimate of drug-likeness (QED) is 0.584. The summed E-state index contributed by atoms with van der Waals surface area (Å²) < 4.78 is 46.7. The zero-order valence-corrected chi connectivity index (χ0v) is 14.5. The molecule has 0 aliphatic heterocycles. The van der Waals surface area contributed by atoms with Crippen LogP contribution in [0, 0.1) is 5.92 Å². The van der Waals surface area contributed by atoms with Crippen LogP contribution in [0.5, 0.6) is 0 Å². The van der Waals surface area contributed by atoms with E-state index in [0.717, 1.165) is 6.92 Å². The van der Waals surface area contributed by atoms with Crippen LogP contribution in [0.15, 0.2) is 0 Å². The fraction of sp³-hybridized carbons (Fsp3) is 0.875. The Hall–Kier alpha value is -1.27. The van der Waals surface area contributed by atoms with E-state index in [1.165, 1.54) is 0 Å². The molecule has 0 spiro atoms. The minimum absolute atomic E-state index is 0.142. The van der Waals surface area contributed by atoms with Gasteiger partial charge >= 0.3 is 18.1 Å². The zero-order valence-electron chi connectivity index (χ0n) is 14.5. The molecular formula is C16H27F3O4. The third kappa shape index (κ3) is 8.23. The Kier molecular flexibility index (Phi) is 8.63. The number of hydrogen-bond donors (Lipinski definition) is 0. The van der Waals surface area contributed by atoms with E-state index in [0.29, 0.717) is 25.7 Å². The van der Waals surface area contributed by atoms with Crippen LogP contribution in [0.4, 0.5) is 13.2 Å². The molecule has 0 radical (unpaired) electrons. The van der Waals surface area contributed by atoms with Crippen molar-refractivity contribution >= 4 is 11.9 Å². The van der Waals surface area contributed by atoms with Crippen molar-refractivity contribution in [3.8, 4) is 0 Å². The molecule has 3 atom stereocenters. The average Bonchev–Trinajstić information content (AvgIpc) is 2.45. The number of carbonyl (C=O) groups is 2. The van der Waals surface area contributed by atoms with E-state index >= 15 is 0 Å². The molecule has 0 saturated carbocycles. The lowest BCUT2D eigenvalue weighted by Crippen LogP contribution is -2.34. The highest BCUT2D eigenvalue weighted by molar-refractivity contribution is 5.72. The van der Waals surface area contributed by atoms with Crippen molar-refractivity contribution in [3.63, 3.8) is 0 Å². The van der Waals surface area contributed by atoms with Gasteiger partial charge in [-0.15, -0.1) is 0 Å². The summed E-state index contributed by atoms with van der Waals surface area (Å²) in [6, 6.07) is 0. The first kappa shape index (κ1) is 21.7. The van der Waals surface area contributed by atoms with Crippen LogP contribution in [0.2, 0.25) is 0 Å². The van der Waals surface area contributed by atoms with Gasteiger partial charge in [-0.25, -0.2) is 0 Å². The highest BCUT2D eigenvalue weighted by Gasteiger charge is 2.39. The van der Waals surface area contributed by atoms with Gasteiger partial charge in [0, 0.05) is 6.42 Å². The molecule has 0 heterocycles. The number of alkyl halides is 3. The molecule has 0 aromatic carbocycles. The summed E-state index contributed by atoms with van der Waals surface area (Å²) >= 11 is 0. The van der Waals surface area contributed by atoms with Crippen LogP contribution in [0.3, 0.4) is 0 Å². The van der Waals surface area contributed by atoms with Gasteiger partial charge in [0.05, 0.1) is 5.92 Å². The molecule has 136 valence electrons. The number of hydrogen-bond acceptors (Lipinski definition) is 4. The molecule has 4 nitrogen and oxygen atoms in total. The van der Waals surface area contributed by atoms with Crippen molar-refractivity contribution in [1.29, 1.82) is 0 Å². The Bertz CT molecular complexity index is 395. The minimum atomic E-state index is -4.56. The lowest BCUT2D eigenvalue weighted by atomic mass is 9.95. The Balaban J connectivity index is 4.35. The molecule has 0 aromatic heterocycles. The molecule has 0 rings (SSSR count). The van der Waals surface area contributed by atoms with Gasteiger partial charge < -0.3 is 9.47 Å². The summed E-state index contributed by atoms with van der Waals surface area (Å²) in [5, 5.41) is 0.